The first-order chi connectivity index (χ1) is 7.68. The van der Waals surface area contributed by atoms with Gasteiger partial charge in [-0.15, -0.1) is 0 Å². The third-order valence-electron chi connectivity index (χ3n) is 2.36. The molecule has 0 spiro atoms. The first-order valence-corrected chi connectivity index (χ1v) is 5.40. The summed E-state index contributed by atoms with van der Waals surface area (Å²) in [5.41, 5.74) is 5.94. The summed E-state index contributed by atoms with van der Waals surface area (Å²) < 4.78 is 3.21. The minimum absolute atomic E-state index is 0.0389. The van der Waals surface area contributed by atoms with Gasteiger partial charge in [0.15, 0.2) is 0 Å². The van der Waals surface area contributed by atoms with Crippen molar-refractivity contribution < 1.29 is 0 Å². The molecule has 2 rings (SSSR count). The van der Waals surface area contributed by atoms with Crippen LogP contribution in [0.1, 0.15) is 12.8 Å². The van der Waals surface area contributed by atoms with Crippen LogP contribution >= 0.6 is 12.2 Å². The Labute approximate surface area is 97.5 Å². The van der Waals surface area contributed by atoms with Crippen molar-refractivity contribution in [3.05, 3.63) is 35.0 Å². The predicted molar refractivity (Wildman–Crippen MR) is 65.5 cm³/mol. The minimum Gasteiger partial charge on any atom is -0.393 e. The lowest BCUT2D eigenvalue weighted by Gasteiger charge is -2.05. The van der Waals surface area contributed by atoms with Crippen LogP contribution in [0.4, 0.5) is 0 Å². The van der Waals surface area contributed by atoms with E-state index in [9.17, 15) is 4.79 Å². The molecule has 0 saturated carbocycles. The molecular formula is C10H12N4OS. The zero-order valence-electron chi connectivity index (χ0n) is 8.67. The van der Waals surface area contributed by atoms with Gasteiger partial charge in [0, 0.05) is 18.9 Å². The van der Waals surface area contributed by atoms with Gasteiger partial charge in [-0.25, -0.2) is 4.52 Å². The molecule has 0 aliphatic carbocycles. The van der Waals surface area contributed by atoms with Crippen LogP contribution in [0.5, 0.6) is 0 Å². The van der Waals surface area contributed by atoms with Crippen LogP contribution in [0.2, 0.25) is 0 Å². The highest BCUT2D eigenvalue weighted by molar-refractivity contribution is 7.80. The van der Waals surface area contributed by atoms with Gasteiger partial charge < -0.3 is 10.3 Å². The van der Waals surface area contributed by atoms with Crippen molar-refractivity contribution in [3.63, 3.8) is 0 Å². The fraction of sp³-hybridized carbons (Fsp3) is 0.300. The van der Waals surface area contributed by atoms with Crippen molar-refractivity contribution in [2.45, 2.75) is 19.4 Å². The molecule has 0 bridgehead atoms. The van der Waals surface area contributed by atoms with Crippen LogP contribution in [0.25, 0.3) is 5.52 Å². The lowest BCUT2D eigenvalue weighted by molar-refractivity contribution is 0.632. The monoisotopic (exact) mass is 236 g/mol. The van der Waals surface area contributed by atoms with E-state index in [0.717, 1.165) is 6.42 Å². The van der Waals surface area contributed by atoms with Crippen molar-refractivity contribution in [3.8, 4) is 0 Å². The lowest BCUT2D eigenvalue weighted by Crippen LogP contribution is -2.22. The predicted octanol–water partition coefficient (Wildman–Crippen LogP) is 0.562. The number of aryl methyl sites for hydroxylation is 1. The average molecular weight is 236 g/mol. The maximum absolute atomic E-state index is 11.9. The zero-order chi connectivity index (χ0) is 11.5. The summed E-state index contributed by atoms with van der Waals surface area (Å²) in [5, 5.41) is 3.99. The SMILES string of the molecule is NC(=S)CCCn1ccn2nccc2c1=O. The van der Waals surface area contributed by atoms with Gasteiger partial charge in [0.25, 0.3) is 5.56 Å². The van der Waals surface area contributed by atoms with Crippen LogP contribution in [0.3, 0.4) is 0 Å². The molecule has 2 aromatic rings. The molecule has 5 nitrogen and oxygen atoms in total. The highest BCUT2D eigenvalue weighted by Crippen LogP contribution is 1.97. The largest absolute Gasteiger partial charge is 0.393 e. The number of hydrogen-bond donors (Lipinski definition) is 1. The molecule has 2 aromatic heterocycles. The van der Waals surface area contributed by atoms with Crippen LogP contribution < -0.4 is 11.3 Å². The standard InChI is InChI=1S/C10H12N4OS/c11-9(16)2-1-5-13-6-7-14-8(10(13)15)3-4-12-14/h3-4,6-7H,1-2,5H2,(H2,11,16). The lowest BCUT2D eigenvalue weighted by atomic mass is 10.3. The van der Waals surface area contributed by atoms with E-state index in [1.165, 1.54) is 0 Å². The van der Waals surface area contributed by atoms with E-state index in [0.29, 0.717) is 23.5 Å². The van der Waals surface area contributed by atoms with Gasteiger partial charge >= 0.3 is 0 Å². The number of rotatable bonds is 4. The molecule has 0 saturated heterocycles. The van der Waals surface area contributed by atoms with Gasteiger partial charge in [0.05, 0.1) is 11.2 Å². The van der Waals surface area contributed by atoms with Gasteiger partial charge in [-0.05, 0) is 18.9 Å². The van der Waals surface area contributed by atoms with E-state index in [-0.39, 0.29) is 5.56 Å². The second kappa shape index (κ2) is 4.44. The molecule has 0 aromatic carbocycles. The Morgan fingerprint density at radius 1 is 1.50 bits per heavy atom. The molecule has 6 heteroatoms. The normalized spacial score (nSPS) is 10.8. The molecule has 0 aliphatic heterocycles. The topological polar surface area (TPSA) is 65.3 Å². The quantitative estimate of drug-likeness (QED) is 0.788. The highest BCUT2D eigenvalue weighted by Gasteiger charge is 2.02. The average Bonchev–Trinajstić information content (AvgIpc) is 2.69. The maximum atomic E-state index is 11.9. The molecular weight excluding hydrogens is 224 g/mol. The number of nitrogens with two attached hydrogens (primary N) is 1. The summed E-state index contributed by atoms with van der Waals surface area (Å²) in [5.74, 6) is 0. The summed E-state index contributed by atoms with van der Waals surface area (Å²) in [4.78, 5) is 12.4. The summed E-state index contributed by atoms with van der Waals surface area (Å²) in [6, 6.07) is 1.70. The molecule has 2 heterocycles. The van der Waals surface area contributed by atoms with Crippen molar-refractivity contribution in [1.29, 1.82) is 0 Å². The molecule has 0 amide bonds. The Morgan fingerprint density at radius 2 is 2.31 bits per heavy atom. The van der Waals surface area contributed by atoms with Gasteiger partial charge in [-0.3, -0.25) is 4.79 Å². The number of hydrogen-bond acceptors (Lipinski definition) is 3. The van der Waals surface area contributed by atoms with Gasteiger partial charge in [-0.1, -0.05) is 12.2 Å². The van der Waals surface area contributed by atoms with Crippen LogP contribution in [-0.4, -0.2) is 19.2 Å². The van der Waals surface area contributed by atoms with Crippen LogP contribution in [0, 0.1) is 0 Å². The van der Waals surface area contributed by atoms with Crippen molar-refractivity contribution >= 4 is 22.7 Å². The van der Waals surface area contributed by atoms with E-state index in [2.05, 4.69) is 5.10 Å². The van der Waals surface area contributed by atoms with Crippen molar-refractivity contribution in [2.75, 3.05) is 0 Å². The van der Waals surface area contributed by atoms with Gasteiger partial charge in [0.2, 0.25) is 0 Å². The molecule has 0 radical (unpaired) electrons. The third-order valence-corrected chi connectivity index (χ3v) is 2.56. The Kier molecular flexibility index (Phi) is 3.00. The summed E-state index contributed by atoms with van der Waals surface area (Å²) in [6.07, 6.45) is 6.53. The number of thiocarbonyl (C=S) groups is 1. The number of aromatic nitrogens is 3. The summed E-state index contributed by atoms with van der Waals surface area (Å²) in [7, 11) is 0. The zero-order valence-corrected chi connectivity index (χ0v) is 9.48. The van der Waals surface area contributed by atoms with E-state index < -0.39 is 0 Å². The van der Waals surface area contributed by atoms with Crippen LogP contribution in [0.15, 0.2) is 29.5 Å². The number of nitrogens with zero attached hydrogens (tertiary/aromatic N) is 3. The second-order valence-electron chi connectivity index (χ2n) is 3.53. The fourth-order valence-electron chi connectivity index (χ4n) is 1.56. The van der Waals surface area contributed by atoms with Gasteiger partial charge in [0.1, 0.15) is 5.52 Å². The number of fused-ring (bicyclic) bond motifs is 1. The van der Waals surface area contributed by atoms with E-state index in [1.807, 2.05) is 0 Å². The fourth-order valence-corrected chi connectivity index (χ4v) is 1.70. The smallest absolute Gasteiger partial charge is 0.276 e. The van der Waals surface area contributed by atoms with E-state index >= 15 is 0 Å². The summed E-state index contributed by atoms with van der Waals surface area (Å²) in [6.45, 7) is 0.623. The Morgan fingerprint density at radius 3 is 3.06 bits per heavy atom. The minimum atomic E-state index is -0.0389. The van der Waals surface area contributed by atoms with Crippen molar-refractivity contribution in [1.82, 2.24) is 14.2 Å². The Bertz CT molecular complexity index is 571. The Hall–Kier alpha value is -1.69. The second-order valence-corrected chi connectivity index (χ2v) is 4.05. The van der Waals surface area contributed by atoms with E-state index in [4.69, 9.17) is 18.0 Å². The van der Waals surface area contributed by atoms with Crippen molar-refractivity contribution in [2.24, 2.45) is 5.73 Å². The summed E-state index contributed by atoms with van der Waals surface area (Å²) >= 11 is 4.78. The van der Waals surface area contributed by atoms with Gasteiger partial charge in [-0.2, -0.15) is 5.10 Å². The molecule has 0 unspecified atom stereocenters. The Balaban J connectivity index is 2.21. The molecule has 16 heavy (non-hydrogen) atoms. The first kappa shape index (κ1) is 10.8. The van der Waals surface area contributed by atoms with Crippen LogP contribution in [-0.2, 0) is 6.54 Å². The maximum Gasteiger partial charge on any atom is 0.276 e. The molecule has 0 atom stereocenters. The first-order valence-electron chi connectivity index (χ1n) is 4.99. The molecule has 0 aliphatic rings. The third kappa shape index (κ3) is 2.11. The highest BCUT2D eigenvalue weighted by atomic mass is 32.1. The van der Waals surface area contributed by atoms with E-state index in [1.54, 1.807) is 33.7 Å². The molecule has 0 fully saturated rings. The molecule has 84 valence electrons. The molecule has 2 N–H and O–H groups in total.